The third-order valence-electron chi connectivity index (χ3n) is 4.11. The van der Waals surface area contributed by atoms with E-state index in [1.54, 1.807) is 6.26 Å². The van der Waals surface area contributed by atoms with Crippen LogP contribution in [0.2, 0.25) is 0 Å². The first-order chi connectivity index (χ1) is 10.9. The SMILES string of the molecule is CC(C)(C)OC(=O)CCC1CC(Oc2cccc3ccoc23)C1. The maximum Gasteiger partial charge on any atom is 0.306 e. The van der Waals surface area contributed by atoms with Crippen LogP contribution in [0.5, 0.6) is 5.75 Å². The number of rotatable bonds is 5. The van der Waals surface area contributed by atoms with Crippen LogP contribution in [0.25, 0.3) is 11.0 Å². The van der Waals surface area contributed by atoms with Crippen molar-refractivity contribution in [1.82, 2.24) is 0 Å². The normalized spacial score (nSPS) is 21.0. The number of ether oxygens (including phenoxy) is 2. The predicted octanol–water partition coefficient (Wildman–Crippen LogP) is 4.71. The minimum atomic E-state index is -0.399. The molecule has 1 aromatic carbocycles. The van der Waals surface area contributed by atoms with Gasteiger partial charge in [-0.15, -0.1) is 0 Å². The average molecular weight is 316 g/mol. The maximum absolute atomic E-state index is 11.7. The lowest BCUT2D eigenvalue weighted by Crippen LogP contribution is -2.34. The molecule has 0 amide bonds. The van der Waals surface area contributed by atoms with Crippen LogP contribution in [-0.2, 0) is 9.53 Å². The number of carbonyl (C=O) groups excluding carboxylic acids is 1. The summed E-state index contributed by atoms with van der Waals surface area (Å²) in [5, 5.41) is 1.06. The Morgan fingerprint density at radius 3 is 2.78 bits per heavy atom. The van der Waals surface area contributed by atoms with Gasteiger partial charge in [-0.3, -0.25) is 4.79 Å². The van der Waals surface area contributed by atoms with Crippen LogP contribution in [0, 0.1) is 5.92 Å². The fourth-order valence-electron chi connectivity index (χ4n) is 2.96. The third-order valence-corrected chi connectivity index (χ3v) is 4.11. The molecule has 1 aliphatic carbocycles. The van der Waals surface area contributed by atoms with Gasteiger partial charge in [0.1, 0.15) is 5.60 Å². The van der Waals surface area contributed by atoms with Crippen molar-refractivity contribution >= 4 is 16.9 Å². The van der Waals surface area contributed by atoms with E-state index >= 15 is 0 Å². The van der Waals surface area contributed by atoms with E-state index in [9.17, 15) is 4.79 Å². The number of hydrogen-bond acceptors (Lipinski definition) is 4. The zero-order valence-electron chi connectivity index (χ0n) is 14.0. The molecule has 3 rings (SSSR count). The van der Waals surface area contributed by atoms with Gasteiger partial charge in [0.2, 0.25) is 0 Å². The summed E-state index contributed by atoms with van der Waals surface area (Å²) in [6.45, 7) is 5.69. The molecule has 1 heterocycles. The average Bonchev–Trinajstić information content (AvgIpc) is 2.88. The Labute approximate surface area is 136 Å². The first kappa shape index (κ1) is 15.9. The molecule has 23 heavy (non-hydrogen) atoms. The van der Waals surface area contributed by atoms with Crippen molar-refractivity contribution in [2.45, 2.75) is 58.2 Å². The first-order valence-corrected chi connectivity index (χ1v) is 8.25. The summed E-state index contributed by atoms with van der Waals surface area (Å²) in [6, 6.07) is 7.87. The van der Waals surface area contributed by atoms with Gasteiger partial charge in [0, 0.05) is 11.8 Å². The van der Waals surface area contributed by atoms with Crippen LogP contribution in [0.15, 0.2) is 34.9 Å². The highest BCUT2D eigenvalue weighted by Crippen LogP contribution is 2.36. The molecule has 1 aliphatic rings. The van der Waals surface area contributed by atoms with Crippen LogP contribution >= 0.6 is 0 Å². The highest BCUT2D eigenvalue weighted by molar-refractivity contribution is 5.82. The van der Waals surface area contributed by atoms with E-state index in [1.165, 1.54) is 0 Å². The van der Waals surface area contributed by atoms with Gasteiger partial charge in [-0.25, -0.2) is 0 Å². The monoisotopic (exact) mass is 316 g/mol. The van der Waals surface area contributed by atoms with Gasteiger partial charge < -0.3 is 13.9 Å². The van der Waals surface area contributed by atoms with Gasteiger partial charge in [0.05, 0.1) is 12.4 Å². The van der Waals surface area contributed by atoms with Gasteiger partial charge >= 0.3 is 5.97 Å². The van der Waals surface area contributed by atoms with Gasteiger partial charge in [-0.2, -0.15) is 0 Å². The molecular formula is C19H24O4. The topological polar surface area (TPSA) is 48.7 Å². The summed E-state index contributed by atoms with van der Waals surface area (Å²) in [4.78, 5) is 11.7. The van der Waals surface area contributed by atoms with E-state index in [4.69, 9.17) is 13.9 Å². The Balaban J connectivity index is 1.43. The zero-order chi connectivity index (χ0) is 16.4. The van der Waals surface area contributed by atoms with Crippen LogP contribution in [-0.4, -0.2) is 17.7 Å². The van der Waals surface area contributed by atoms with Crippen molar-refractivity contribution < 1.29 is 18.7 Å². The highest BCUT2D eigenvalue weighted by atomic mass is 16.6. The predicted molar refractivity (Wildman–Crippen MR) is 88.4 cm³/mol. The van der Waals surface area contributed by atoms with Gasteiger partial charge in [-0.1, -0.05) is 12.1 Å². The van der Waals surface area contributed by atoms with E-state index in [1.807, 2.05) is 45.0 Å². The third kappa shape index (κ3) is 4.06. The lowest BCUT2D eigenvalue weighted by Gasteiger charge is -2.35. The molecule has 0 saturated heterocycles. The molecule has 0 radical (unpaired) electrons. The summed E-state index contributed by atoms with van der Waals surface area (Å²) >= 11 is 0. The van der Waals surface area contributed by atoms with Crippen molar-refractivity contribution in [2.75, 3.05) is 0 Å². The van der Waals surface area contributed by atoms with Crippen LogP contribution in [0.3, 0.4) is 0 Å². The van der Waals surface area contributed by atoms with Crippen LogP contribution in [0.1, 0.15) is 46.5 Å². The second-order valence-corrected chi connectivity index (χ2v) is 7.30. The van der Waals surface area contributed by atoms with Crippen LogP contribution in [0.4, 0.5) is 0 Å². The Kier molecular flexibility index (Phi) is 4.33. The van der Waals surface area contributed by atoms with Gasteiger partial charge in [0.25, 0.3) is 0 Å². The number of hydrogen-bond donors (Lipinski definition) is 0. The molecule has 0 bridgehead atoms. The summed E-state index contributed by atoms with van der Waals surface area (Å²) in [6.07, 6.45) is 5.23. The van der Waals surface area contributed by atoms with E-state index < -0.39 is 5.60 Å². The number of para-hydroxylation sites is 1. The van der Waals surface area contributed by atoms with Gasteiger partial charge in [-0.05, 0) is 58.1 Å². The summed E-state index contributed by atoms with van der Waals surface area (Å²) < 4.78 is 16.9. The minimum absolute atomic E-state index is 0.109. The molecule has 0 N–H and O–H groups in total. The lowest BCUT2D eigenvalue weighted by atomic mass is 9.79. The Hall–Kier alpha value is -1.97. The second-order valence-electron chi connectivity index (χ2n) is 7.30. The van der Waals surface area contributed by atoms with E-state index in [2.05, 4.69) is 0 Å². The molecule has 124 valence electrons. The number of benzene rings is 1. The van der Waals surface area contributed by atoms with E-state index in [-0.39, 0.29) is 12.1 Å². The molecule has 4 nitrogen and oxygen atoms in total. The fraction of sp³-hybridized carbons (Fsp3) is 0.526. The van der Waals surface area contributed by atoms with E-state index in [0.717, 1.165) is 36.0 Å². The maximum atomic E-state index is 11.7. The molecule has 0 atom stereocenters. The highest BCUT2D eigenvalue weighted by Gasteiger charge is 2.32. The van der Waals surface area contributed by atoms with Gasteiger partial charge in [0.15, 0.2) is 11.3 Å². The molecule has 2 aromatic rings. The smallest absolute Gasteiger partial charge is 0.306 e. The van der Waals surface area contributed by atoms with Crippen molar-refractivity contribution in [2.24, 2.45) is 5.92 Å². The largest absolute Gasteiger partial charge is 0.486 e. The second kappa shape index (κ2) is 6.26. The summed E-state index contributed by atoms with van der Waals surface area (Å²) in [5.41, 5.74) is 0.411. The Morgan fingerprint density at radius 1 is 1.26 bits per heavy atom. The first-order valence-electron chi connectivity index (χ1n) is 8.25. The molecular weight excluding hydrogens is 292 g/mol. The molecule has 1 saturated carbocycles. The molecule has 0 spiro atoms. The van der Waals surface area contributed by atoms with Crippen molar-refractivity contribution in [3.05, 3.63) is 30.5 Å². The number of carbonyl (C=O) groups is 1. The van der Waals surface area contributed by atoms with Crippen LogP contribution < -0.4 is 4.74 Å². The number of esters is 1. The van der Waals surface area contributed by atoms with Crippen molar-refractivity contribution in [3.63, 3.8) is 0 Å². The number of furan rings is 1. The number of fused-ring (bicyclic) bond motifs is 1. The lowest BCUT2D eigenvalue weighted by molar-refractivity contribution is -0.155. The Morgan fingerprint density at radius 2 is 2.04 bits per heavy atom. The summed E-state index contributed by atoms with van der Waals surface area (Å²) in [5.74, 6) is 1.24. The molecule has 0 aliphatic heterocycles. The van der Waals surface area contributed by atoms with Crippen molar-refractivity contribution in [3.8, 4) is 5.75 Å². The van der Waals surface area contributed by atoms with Crippen molar-refractivity contribution in [1.29, 1.82) is 0 Å². The summed E-state index contributed by atoms with van der Waals surface area (Å²) in [7, 11) is 0. The zero-order valence-corrected chi connectivity index (χ0v) is 14.0. The quantitative estimate of drug-likeness (QED) is 0.749. The fourth-order valence-corrected chi connectivity index (χ4v) is 2.96. The Bertz CT molecular complexity index is 674. The minimum Gasteiger partial charge on any atom is -0.486 e. The molecule has 1 fully saturated rings. The molecule has 0 unspecified atom stereocenters. The van der Waals surface area contributed by atoms with E-state index in [0.29, 0.717) is 12.3 Å². The standard InChI is InChI=1S/C19H24O4/c1-19(2,3)23-17(20)8-7-13-11-15(12-13)22-16-6-4-5-14-9-10-21-18(14)16/h4-6,9-10,13,15H,7-8,11-12H2,1-3H3. The molecule has 1 aromatic heterocycles. The molecule has 4 heteroatoms.